The molecule has 0 aliphatic rings. The summed E-state index contributed by atoms with van der Waals surface area (Å²) in [6.45, 7) is 7.48. The second-order valence-corrected chi connectivity index (χ2v) is 12.6. The highest BCUT2D eigenvalue weighted by Crippen LogP contribution is 2.44. The van der Waals surface area contributed by atoms with E-state index in [0.29, 0.717) is 13.2 Å². The Morgan fingerprint density at radius 3 is 1.78 bits per heavy atom. The number of hydrogen-bond donors (Lipinski definition) is 0. The summed E-state index contributed by atoms with van der Waals surface area (Å²) in [4.78, 5) is 0. The summed E-state index contributed by atoms with van der Waals surface area (Å²) in [6, 6.07) is 33.2. The summed E-state index contributed by atoms with van der Waals surface area (Å²) in [5.41, 5.74) is 3.04. The van der Waals surface area contributed by atoms with Gasteiger partial charge < -0.3 is 13.9 Å². The first-order chi connectivity index (χ1) is 17.4. The standard InChI is InChI=1S/C31H32BrO3Si/c1-31(2,3)29-26(22-35-36(24-16-10-6-11-17-24)25-18-12-7-13-19-25)28(20-27(32)30(29)33-4)34-21-23-14-8-5-9-15-23/h5-20H,21-22H2,1-4H3. The number of hydrogen-bond acceptors (Lipinski definition) is 3. The number of methoxy groups -OCH3 is 1. The predicted molar refractivity (Wildman–Crippen MR) is 153 cm³/mol. The van der Waals surface area contributed by atoms with E-state index in [1.54, 1.807) is 7.11 Å². The van der Waals surface area contributed by atoms with Gasteiger partial charge in [0.25, 0.3) is 9.04 Å². The maximum absolute atomic E-state index is 6.82. The van der Waals surface area contributed by atoms with Crippen LogP contribution in [-0.4, -0.2) is 16.2 Å². The average Bonchev–Trinajstić information content (AvgIpc) is 2.89. The highest BCUT2D eigenvalue weighted by molar-refractivity contribution is 9.10. The van der Waals surface area contributed by atoms with Crippen LogP contribution in [0.1, 0.15) is 37.5 Å². The molecule has 4 rings (SSSR count). The highest BCUT2D eigenvalue weighted by atomic mass is 79.9. The lowest BCUT2D eigenvalue weighted by molar-refractivity contribution is 0.273. The molecule has 0 heterocycles. The molecule has 0 fully saturated rings. The van der Waals surface area contributed by atoms with Crippen molar-refractivity contribution in [1.29, 1.82) is 0 Å². The maximum atomic E-state index is 6.82. The molecular weight excluding hydrogens is 528 g/mol. The molecule has 36 heavy (non-hydrogen) atoms. The second-order valence-electron chi connectivity index (χ2n) is 9.62. The van der Waals surface area contributed by atoms with Crippen molar-refractivity contribution in [2.45, 2.75) is 39.4 Å². The second kappa shape index (κ2) is 11.9. The van der Waals surface area contributed by atoms with Gasteiger partial charge in [-0.2, -0.15) is 0 Å². The largest absolute Gasteiger partial charge is 0.495 e. The van der Waals surface area contributed by atoms with Gasteiger partial charge in [0, 0.05) is 11.1 Å². The van der Waals surface area contributed by atoms with Crippen molar-refractivity contribution in [3.8, 4) is 11.5 Å². The van der Waals surface area contributed by atoms with Crippen LogP contribution in [0.4, 0.5) is 0 Å². The first-order valence-corrected chi connectivity index (χ1v) is 14.3. The summed E-state index contributed by atoms with van der Waals surface area (Å²) in [6.07, 6.45) is 0. The molecule has 0 bridgehead atoms. The molecule has 1 radical (unpaired) electrons. The van der Waals surface area contributed by atoms with Crippen LogP contribution in [0, 0.1) is 0 Å². The lowest BCUT2D eigenvalue weighted by Gasteiger charge is -2.29. The van der Waals surface area contributed by atoms with Crippen LogP contribution >= 0.6 is 15.9 Å². The van der Waals surface area contributed by atoms with Crippen LogP contribution < -0.4 is 19.8 Å². The summed E-state index contributed by atoms with van der Waals surface area (Å²) in [7, 11) is 0.237. The van der Waals surface area contributed by atoms with Crippen molar-refractivity contribution < 1.29 is 13.9 Å². The van der Waals surface area contributed by atoms with E-state index in [1.807, 2.05) is 36.4 Å². The molecule has 0 aliphatic heterocycles. The van der Waals surface area contributed by atoms with E-state index < -0.39 is 9.04 Å². The fourth-order valence-corrected chi connectivity index (χ4v) is 6.82. The van der Waals surface area contributed by atoms with E-state index in [0.717, 1.165) is 32.7 Å². The molecule has 0 aliphatic carbocycles. The third-order valence-electron chi connectivity index (χ3n) is 5.93. The van der Waals surface area contributed by atoms with E-state index in [2.05, 4.69) is 97.4 Å². The molecule has 185 valence electrons. The SMILES string of the molecule is COc1c(Br)cc(OCc2ccccc2)c(CO[Si](c2ccccc2)c2ccccc2)c1C(C)(C)C. The quantitative estimate of drug-likeness (QED) is 0.215. The van der Waals surface area contributed by atoms with E-state index in [-0.39, 0.29) is 5.41 Å². The van der Waals surface area contributed by atoms with Gasteiger partial charge in [0.15, 0.2) is 0 Å². The molecule has 0 amide bonds. The smallest absolute Gasteiger partial charge is 0.283 e. The molecule has 3 nitrogen and oxygen atoms in total. The van der Waals surface area contributed by atoms with Gasteiger partial charge in [-0.05, 0) is 43.3 Å². The Morgan fingerprint density at radius 1 is 0.750 bits per heavy atom. The zero-order chi connectivity index (χ0) is 25.5. The first-order valence-electron chi connectivity index (χ1n) is 12.1. The number of halogens is 1. The van der Waals surface area contributed by atoms with Crippen molar-refractivity contribution in [3.05, 3.63) is 118 Å². The monoisotopic (exact) mass is 559 g/mol. The zero-order valence-corrected chi connectivity index (χ0v) is 23.8. The maximum Gasteiger partial charge on any atom is 0.283 e. The number of ether oxygens (including phenoxy) is 2. The van der Waals surface area contributed by atoms with Crippen molar-refractivity contribution in [2.75, 3.05) is 7.11 Å². The summed E-state index contributed by atoms with van der Waals surface area (Å²) in [5.74, 6) is 1.63. The Morgan fingerprint density at radius 2 is 1.28 bits per heavy atom. The van der Waals surface area contributed by atoms with E-state index in [1.165, 1.54) is 10.4 Å². The molecule has 0 N–H and O–H groups in total. The van der Waals surface area contributed by atoms with Crippen LogP contribution in [0.3, 0.4) is 0 Å². The molecule has 0 unspecified atom stereocenters. The van der Waals surface area contributed by atoms with Gasteiger partial charge in [-0.25, -0.2) is 0 Å². The van der Waals surface area contributed by atoms with E-state index >= 15 is 0 Å². The lowest BCUT2D eigenvalue weighted by atomic mass is 9.82. The average molecular weight is 561 g/mol. The van der Waals surface area contributed by atoms with Crippen molar-refractivity contribution >= 4 is 35.3 Å². The Labute approximate surface area is 224 Å². The third kappa shape index (κ3) is 6.27. The molecule has 0 saturated heterocycles. The third-order valence-corrected chi connectivity index (χ3v) is 8.66. The fraction of sp³-hybridized carbons (Fsp3) is 0.226. The topological polar surface area (TPSA) is 27.7 Å². The van der Waals surface area contributed by atoms with E-state index in [9.17, 15) is 0 Å². The van der Waals surface area contributed by atoms with Gasteiger partial charge in [-0.15, -0.1) is 0 Å². The Hall–Kier alpha value is -2.86. The Bertz CT molecular complexity index is 1220. The van der Waals surface area contributed by atoms with Gasteiger partial charge in [0.1, 0.15) is 18.1 Å². The normalized spacial score (nSPS) is 11.5. The molecule has 4 aromatic carbocycles. The van der Waals surface area contributed by atoms with Crippen molar-refractivity contribution in [2.24, 2.45) is 0 Å². The minimum atomic E-state index is -1.48. The van der Waals surface area contributed by atoms with Gasteiger partial charge in [-0.3, -0.25) is 0 Å². The van der Waals surface area contributed by atoms with Gasteiger partial charge >= 0.3 is 0 Å². The minimum absolute atomic E-state index is 0.189. The molecule has 0 aromatic heterocycles. The van der Waals surface area contributed by atoms with E-state index in [4.69, 9.17) is 13.9 Å². The first kappa shape index (κ1) is 26.2. The van der Waals surface area contributed by atoms with Crippen LogP contribution in [0.25, 0.3) is 0 Å². The Kier molecular flexibility index (Phi) is 8.67. The van der Waals surface area contributed by atoms with Crippen LogP contribution in [0.5, 0.6) is 11.5 Å². The number of rotatable bonds is 9. The van der Waals surface area contributed by atoms with Gasteiger partial charge in [-0.1, -0.05) is 112 Å². The molecule has 0 spiro atoms. The van der Waals surface area contributed by atoms with Gasteiger partial charge in [0.05, 0.1) is 18.2 Å². The molecular formula is C31H32BrO3Si. The van der Waals surface area contributed by atoms with Crippen molar-refractivity contribution in [3.63, 3.8) is 0 Å². The van der Waals surface area contributed by atoms with Crippen LogP contribution in [-0.2, 0) is 23.1 Å². The van der Waals surface area contributed by atoms with Crippen molar-refractivity contribution in [1.82, 2.24) is 0 Å². The van der Waals surface area contributed by atoms with Crippen LogP contribution in [0.2, 0.25) is 0 Å². The lowest BCUT2D eigenvalue weighted by Crippen LogP contribution is -2.44. The van der Waals surface area contributed by atoms with Crippen LogP contribution in [0.15, 0.2) is 102 Å². The highest BCUT2D eigenvalue weighted by Gasteiger charge is 2.29. The summed E-state index contributed by atoms with van der Waals surface area (Å²) in [5, 5.41) is 2.42. The number of benzene rings is 4. The van der Waals surface area contributed by atoms with Gasteiger partial charge in [0.2, 0.25) is 0 Å². The molecule has 0 atom stereocenters. The zero-order valence-electron chi connectivity index (χ0n) is 21.3. The molecule has 5 heteroatoms. The summed E-state index contributed by atoms with van der Waals surface area (Å²) >= 11 is 3.73. The molecule has 0 saturated carbocycles. The minimum Gasteiger partial charge on any atom is -0.495 e. The fourth-order valence-electron chi connectivity index (χ4n) is 4.30. The predicted octanol–water partition coefficient (Wildman–Crippen LogP) is 6.66. The summed E-state index contributed by atoms with van der Waals surface area (Å²) < 4.78 is 20.0. The Balaban J connectivity index is 1.75. The molecule has 4 aromatic rings.